The van der Waals surface area contributed by atoms with Crippen LogP contribution in [0.1, 0.15) is 21.5 Å². The summed E-state index contributed by atoms with van der Waals surface area (Å²) in [6.07, 6.45) is 0. The van der Waals surface area contributed by atoms with Gasteiger partial charge in [-0.1, -0.05) is 54.1 Å². The number of hydrogen-bond donors (Lipinski definition) is 2. The van der Waals surface area contributed by atoms with E-state index in [1.165, 1.54) is 4.80 Å². The lowest BCUT2D eigenvalue weighted by Crippen LogP contribution is -2.43. The highest BCUT2D eigenvalue weighted by molar-refractivity contribution is 6.30. The molecule has 3 aromatic carbocycles. The third kappa shape index (κ3) is 5.96. The molecule has 0 bridgehead atoms. The minimum absolute atomic E-state index is 0.252. The minimum Gasteiger partial charge on any atom is -0.483 e. The molecule has 0 aliphatic carbocycles. The van der Waals surface area contributed by atoms with Crippen molar-refractivity contribution in [1.82, 2.24) is 31.1 Å². The number of nitrogens with one attached hydrogen (secondary N) is 2. The number of aromatic nitrogens is 4. The molecule has 0 unspecified atom stereocenters. The number of halogens is 1. The van der Waals surface area contributed by atoms with E-state index < -0.39 is 11.8 Å². The standard InChI is InChI=1S/C24H21ClN6O3/c1-16-13-20(25)11-12-21(16)34-15-22(32)26-28-24(33)19-9-7-17(8-10-19)14-31-29-23(27-30-31)18-5-3-2-4-6-18/h2-13H,14-15H2,1H3,(H,26,32)(H,28,33). The lowest BCUT2D eigenvalue weighted by Gasteiger charge is -2.11. The fraction of sp³-hybridized carbons (Fsp3) is 0.125. The molecule has 0 fully saturated rings. The molecular formula is C24H21ClN6O3. The maximum atomic E-state index is 12.3. The molecule has 0 saturated heterocycles. The van der Waals surface area contributed by atoms with E-state index in [1.807, 2.05) is 37.3 Å². The Hall–Kier alpha value is -4.24. The Kier molecular flexibility index (Phi) is 7.14. The van der Waals surface area contributed by atoms with Crippen LogP contribution >= 0.6 is 11.6 Å². The molecule has 0 atom stereocenters. The lowest BCUT2D eigenvalue weighted by molar-refractivity contribution is -0.123. The van der Waals surface area contributed by atoms with E-state index in [4.69, 9.17) is 16.3 Å². The van der Waals surface area contributed by atoms with Crippen LogP contribution < -0.4 is 15.6 Å². The highest BCUT2D eigenvalue weighted by atomic mass is 35.5. The Morgan fingerprint density at radius 1 is 1.00 bits per heavy atom. The molecule has 34 heavy (non-hydrogen) atoms. The number of nitrogens with zero attached hydrogens (tertiary/aromatic N) is 4. The summed E-state index contributed by atoms with van der Waals surface area (Å²) in [6, 6.07) is 21.6. The van der Waals surface area contributed by atoms with Gasteiger partial charge in [0.05, 0.1) is 6.54 Å². The summed E-state index contributed by atoms with van der Waals surface area (Å²) in [4.78, 5) is 25.8. The Balaban J connectivity index is 1.26. The number of tetrazole rings is 1. The van der Waals surface area contributed by atoms with Crippen molar-refractivity contribution in [2.24, 2.45) is 0 Å². The molecular weight excluding hydrogens is 456 g/mol. The molecule has 0 radical (unpaired) electrons. The molecule has 0 saturated carbocycles. The van der Waals surface area contributed by atoms with Gasteiger partial charge in [0, 0.05) is 16.1 Å². The SMILES string of the molecule is Cc1cc(Cl)ccc1OCC(=O)NNC(=O)c1ccc(Cn2nnc(-c3ccccc3)n2)cc1. The second kappa shape index (κ2) is 10.6. The van der Waals surface area contributed by atoms with Crippen molar-refractivity contribution < 1.29 is 14.3 Å². The number of ether oxygens (including phenoxy) is 1. The maximum Gasteiger partial charge on any atom is 0.276 e. The van der Waals surface area contributed by atoms with Gasteiger partial charge >= 0.3 is 0 Å². The average Bonchev–Trinajstić information content (AvgIpc) is 3.31. The predicted octanol–water partition coefficient (Wildman–Crippen LogP) is 3.19. The summed E-state index contributed by atoms with van der Waals surface area (Å²) in [5, 5.41) is 13.1. The lowest BCUT2D eigenvalue weighted by atomic mass is 10.1. The molecule has 1 aromatic heterocycles. The van der Waals surface area contributed by atoms with Crippen molar-refractivity contribution in [3.63, 3.8) is 0 Å². The predicted molar refractivity (Wildman–Crippen MR) is 126 cm³/mol. The van der Waals surface area contributed by atoms with E-state index in [-0.39, 0.29) is 6.61 Å². The smallest absolute Gasteiger partial charge is 0.276 e. The number of hydrazine groups is 1. The van der Waals surface area contributed by atoms with Gasteiger partial charge in [-0.15, -0.1) is 10.2 Å². The number of benzene rings is 3. The molecule has 9 nitrogen and oxygen atoms in total. The molecule has 0 aliphatic heterocycles. The summed E-state index contributed by atoms with van der Waals surface area (Å²) in [5.41, 5.74) is 7.67. The first-order valence-corrected chi connectivity index (χ1v) is 10.8. The molecule has 1 heterocycles. The average molecular weight is 477 g/mol. The van der Waals surface area contributed by atoms with Crippen LogP contribution in [0, 0.1) is 6.92 Å². The number of hydrogen-bond acceptors (Lipinski definition) is 6. The van der Waals surface area contributed by atoms with Crippen LogP contribution in [0.2, 0.25) is 5.02 Å². The van der Waals surface area contributed by atoms with Gasteiger partial charge in [0.2, 0.25) is 5.82 Å². The largest absolute Gasteiger partial charge is 0.483 e. The van der Waals surface area contributed by atoms with Gasteiger partial charge < -0.3 is 4.74 Å². The van der Waals surface area contributed by atoms with Crippen molar-refractivity contribution in [2.45, 2.75) is 13.5 Å². The van der Waals surface area contributed by atoms with Gasteiger partial charge in [0.1, 0.15) is 5.75 Å². The second-order valence-electron chi connectivity index (χ2n) is 7.41. The molecule has 4 aromatic rings. The number of aryl methyl sites for hydroxylation is 1. The normalized spacial score (nSPS) is 10.5. The van der Waals surface area contributed by atoms with Gasteiger partial charge in [-0.25, -0.2) is 0 Å². The molecule has 172 valence electrons. The second-order valence-corrected chi connectivity index (χ2v) is 7.84. The summed E-state index contributed by atoms with van der Waals surface area (Å²) >= 11 is 5.90. The summed E-state index contributed by atoms with van der Waals surface area (Å²) in [5.74, 6) is 0.139. The van der Waals surface area contributed by atoms with Crippen LogP contribution in [-0.2, 0) is 11.3 Å². The van der Waals surface area contributed by atoms with E-state index in [9.17, 15) is 9.59 Å². The summed E-state index contributed by atoms with van der Waals surface area (Å²) in [7, 11) is 0. The highest BCUT2D eigenvalue weighted by Gasteiger charge is 2.10. The van der Waals surface area contributed by atoms with Crippen molar-refractivity contribution in [2.75, 3.05) is 6.61 Å². The van der Waals surface area contributed by atoms with Crippen LogP contribution in [0.5, 0.6) is 5.75 Å². The van der Waals surface area contributed by atoms with Crippen molar-refractivity contribution in [3.8, 4) is 17.1 Å². The fourth-order valence-electron chi connectivity index (χ4n) is 3.09. The summed E-state index contributed by atoms with van der Waals surface area (Å²) in [6.45, 7) is 1.98. The van der Waals surface area contributed by atoms with Crippen molar-refractivity contribution >= 4 is 23.4 Å². The van der Waals surface area contributed by atoms with Crippen molar-refractivity contribution in [1.29, 1.82) is 0 Å². The zero-order valence-electron chi connectivity index (χ0n) is 18.2. The molecule has 10 heteroatoms. The monoisotopic (exact) mass is 476 g/mol. The molecule has 2 amide bonds. The van der Waals surface area contributed by atoms with Gasteiger partial charge in [0.15, 0.2) is 6.61 Å². The maximum absolute atomic E-state index is 12.3. The van der Waals surface area contributed by atoms with Gasteiger partial charge in [-0.2, -0.15) is 4.80 Å². The Morgan fingerprint density at radius 3 is 2.50 bits per heavy atom. The van der Waals surface area contributed by atoms with E-state index >= 15 is 0 Å². The van der Waals surface area contributed by atoms with E-state index in [0.717, 1.165) is 16.7 Å². The number of rotatable bonds is 7. The Labute approximate surface area is 200 Å². The van der Waals surface area contributed by atoms with E-state index in [2.05, 4.69) is 26.3 Å². The van der Waals surface area contributed by atoms with Gasteiger partial charge in [-0.05, 0) is 53.6 Å². The van der Waals surface area contributed by atoms with Crippen LogP contribution in [-0.4, -0.2) is 38.6 Å². The molecule has 4 rings (SSSR count). The zero-order valence-corrected chi connectivity index (χ0v) is 19.0. The quantitative estimate of drug-likeness (QED) is 0.396. The summed E-state index contributed by atoms with van der Waals surface area (Å²) < 4.78 is 5.45. The topological polar surface area (TPSA) is 111 Å². The third-order valence-corrected chi connectivity index (χ3v) is 5.07. The third-order valence-electron chi connectivity index (χ3n) is 4.84. The zero-order chi connectivity index (χ0) is 23.9. The van der Waals surface area contributed by atoms with Gasteiger partial charge in [0.25, 0.3) is 11.8 Å². The Morgan fingerprint density at radius 2 is 1.76 bits per heavy atom. The van der Waals surface area contributed by atoms with E-state index in [1.54, 1.807) is 42.5 Å². The number of carbonyl (C=O) groups excluding carboxylic acids is 2. The van der Waals surface area contributed by atoms with Crippen LogP contribution in [0.3, 0.4) is 0 Å². The number of carbonyl (C=O) groups is 2. The van der Waals surface area contributed by atoms with Crippen LogP contribution in [0.4, 0.5) is 0 Å². The highest BCUT2D eigenvalue weighted by Crippen LogP contribution is 2.21. The number of amides is 2. The molecule has 0 spiro atoms. The van der Waals surface area contributed by atoms with Crippen LogP contribution in [0.15, 0.2) is 72.8 Å². The minimum atomic E-state index is -0.495. The van der Waals surface area contributed by atoms with Crippen molar-refractivity contribution in [3.05, 3.63) is 94.5 Å². The van der Waals surface area contributed by atoms with Gasteiger partial charge in [-0.3, -0.25) is 20.4 Å². The van der Waals surface area contributed by atoms with Crippen LogP contribution in [0.25, 0.3) is 11.4 Å². The first-order valence-electron chi connectivity index (χ1n) is 10.4. The first kappa shape index (κ1) is 22.9. The van der Waals surface area contributed by atoms with E-state index in [0.29, 0.717) is 28.7 Å². The Bertz CT molecular complexity index is 1290. The molecule has 0 aliphatic rings. The first-order chi connectivity index (χ1) is 16.5. The molecule has 2 N–H and O–H groups in total. The fourth-order valence-corrected chi connectivity index (χ4v) is 3.32.